The topological polar surface area (TPSA) is 88.7 Å². The molecule has 0 saturated carbocycles. The van der Waals surface area contributed by atoms with Gasteiger partial charge < -0.3 is 18.8 Å². The molecule has 1 aliphatic heterocycles. The monoisotopic (exact) mass is 459 g/mol. The number of hydrogen-bond acceptors (Lipinski definition) is 6. The number of hydrogen-bond donors (Lipinski definition) is 0. The third kappa shape index (κ3) is 4.47. The van der Waals surface area contributed by atoms with Gasteiger partial charge in [-0.05, 0) is 24.3 Å². The molecule has 0 spiro atoms. The number of aromatic nitrogens is 2. The van der Waals surface area contributed by atoms with Gasteiger partial charge in [0.1, 0.15) is 18.5 Å². The minimum absolute atomic E-state index is 0.0192. The Morgan fingerprint density at radius 3 is 2.86 bits per heavy atom. The van der Waals surface area contributed by atoms with E-state index in [1.807, 2.05) is 28.8 Å². The van der Waals surface area contributed by atoms with Crippen LogP contribution < -0.4 is 4.74 Å². The lowest BCUT2D eigenvalue weighted by Gasteiger charge is -2.29. The molecule has 0 aliphatic carbocycles. The molecule has 8 nitrogen and oxygen atoms in total. The van der Waals surface area contributed by atoms with Gasteiger partial charge in [-0.25, -0.2) is 4.98 Å². The summed E-state index contributed by atoms with van der Waals surface area (Å²) in [6.45, 7) is 0.902. The summed E-state index contributed by atoms with van der Waals surface area (Å²) in [5, 5.41) is 11.2. The number of non-ortho nitro benzene ring substituents is 1. The Bertz CT molecular complexity index is 980. The minimum Gasteiger partial charge on any atom is -0.491 e. The van der Waals surface area contributed by atoms with Gasteiger partial charge >= 0.3 is 0 Å². The highest BCUT2D eigenvalue weighted by atomic mass is 79.9. The van der Waals surface area contributed by atoms with Crippen LogP contribution in [0.25, 0.3) is 0 Å². The summed E-state index contributed by atoms with van der Waals surface area (Å²) in [5.74, 6) is -0.445. The quantitative estimate of drug-likeness (QED) is 0.393. The molecule has 29 heavy (non-hydrogen) atoms. The van der Waals surface area contributed by atoms with Crippen LogP contribution in [0.15, 0.2) is 71.7 Å². The summed E-state index contributed by atoms with van der Waals surface area (Å²) < 4.78 is 20.9. The minimum atomic E-state index is -1.17. The van der Waals surface area contributed by atoms with Crippen molar-refractivity contribution in [3.05, 3.63) is 87.4 Å². The summed E-state index contributed by atoms with van der Waals surface area (Å²) in [4.78, 5) is 14.8. The SMILES string of the molecule is O=[N+]([O-])c1cccc(C2(Cn3ccnc3)OCC(COc3ccc(Br)cc3)O2)c1. The number of rotatable bonds is 7. The van der Waals surface area contributed by atoms with E-state index in [0.717, 1.165) is 10.2 Å². The van der Waals surface area contributed by atoms with Gasteiger partial charge in [-0.15, -0.1) is 0 Å². The van der Waals surface area contributed by atoms with Gasteiger partial charge in [0.15, 0.2) is 0 Å². The maximum Gasteiger partial charge on any atom is 0.269 e. The molecular formula is C20H18BrN3O5. The highest BCUT2D eigenvalue weighted by Crippen LogP contribution is 2.37. The number of nitro benzene ring substituents is 1. The zero-order chi connectivity index (χ0) is 20.3. The molecule has 0 N–H and O–H groups in total. The van der Waals surface area contributed by atoms with Gasteiger partial charge in [0.05, 0.1) is 24.4 Å². The Kier molecular flexibility index (Phi) is 5.61. The van der Waals surface area contributed by atoms with Crippen LogP contribution in [0.1, 0.15) is 5.56 Å². The van der Waals surface area contributed by atoms with Crippen LogP contribution in [-0.2, 0) is 21.8 Å². The van der Waals surface area contributed by atoms with Crippen molar-refractivity contribution in [2.24, 2.45) is 0 Å². The highest BCUT2D eigenvalue weighted by Gasteiger charge is 2.44. The molecule has 3 aromatic rings. The zero-order valence-electron chi connectivity index (χ0n) is 15.3. The Morgan fingerprint density at radius 1 is 1.31 bits per heavy atom. The van der Waals surface area contributed by atoms with E-state index in [1.54, 1.807) is 30.9 Å². The van der Waals surface area contributed by atoms with Crippen molar-refractivity contribution < 1.29 is 19.1 Å². The van der Waals surface area contributed by atoms with Crippen LogP contribution in [0.4, 0.5) is 5.69 Å². The molecule has 4 rings (SSSR count). The van der Waals surface area contributed by atoms with Gasteiger partial charge in [-0.3, -0.25) is 10.1 Å². The van der Waals surface area contributed by atoms with E-state index >= 15 is 0 Å². The molecule has 1 aromatic heterocycles. The van der Waals surface area contributed by atoms with Crippen molar-refractivity contribution in [2.75, 3.05) is 13.2 Å². The summed E-state index contributed by atoms with van der Waals surface area (Å²) in [5.41, 5.74) is 0.556. The summed E-state index contributed by atoms with van der Waals surface area (Å²) in [7, 11) is 0. The molecule has 2 aromatic carbocycles. The number of nitro groups is 1. The number of benzene rings is 2. The first-order chi connectivity index (χ1) is 14.0. The van der Waals surface area contributed by atoms with E-state index in [-0.39, 0.29) is 11.8 Å². The Balaban J connectivity index is 1.54. The van der Waals surface area contributed by atoms with E-state index in [9.17, 15) is 10.1 Å². The molecule has 9 heteroatoms. The number of ether oxygens (including phenoxy) is 3. The standard InChI is InChI=1S/C20H18BrN3O5/c21-16-4-6-18(7-5-16)27-11-19-12-28-20(29-19,13-23-9-8-22-14-23)15-2-1-3-17(10-15)24(25)26/h1-10,14,19H,11-13H2. The molecule has 2 heterocycles. The van der Waals surface area contributed by atoms with Gasteiger partial charge in [0.25, 0.3) is 5.69 Å². The number of nitrogens with zero attached hydrogens (tertiary/aromatic N) is 3. The van der Waals surface area contributed by atoms with Gasteiger partial charge in [0.2, 0.25) is 5.79 Å². The zero-order valence-corrected chi connectivity index (χ0v) is 16.9. The van der Waals surface area contributed by atoms with Crippen molar-refractivity contribution in [1.29, 1.82) is 0 Å². The Hall–Kier alpha value is -2.75. The van der Waals surface area contributed by atoms with Crippen LogP contribution in [0.3, 0.4) is 0 Å². The predicted molar refractivity (Wildman–Crippen MR) is 107 cm³/mol. The first-order valence-electron chi connectivity index (χ1n) is 8.95. The normalized spacial score (nSPS) is 21.2. The molecule has 150 valence electrons. The van der Waals surface area contributed by atoms with Crippen LogP contribution in [0.2, 0.25) is 0 Å². The van der Waals surface area contributed by atoms with Crippen LogP contribution in [0, 0.1) is 10.1 Å². The number of halogens is 1. The van der Waals surface area contributed by atoms with Crippen LogP contribution in [0.5, 0.6) is 5.75 Å². The Morgan fingerprint density at radius 2 is 2.14 bits per heavy atom. The van der Waals surface area contributed by atoms with Gasteiger partial charge in [0, 0.05) is 34.6 Å². The fraction of sp³-hybridized carbons (Fsp3) is 0.250. The van der Waals surface area contributed by atoms with Crippen molar-refractivity contribution in [1.82, 2.24) is 9.55 Å². The molecule has 0 bridgehead atoms. The second-order valence-corrected chi connectivity index (χ2v) is 7.53. The largest absolute Gasteiger partial charge is 0.491 e. The molecule has 0 amide bonds. The van der Waals surface area contributed by atoms with Crippen LogP contribution >= 0.6 is 15.9 Å². The van der Waals surface area contributed by atoms with Crippen LogP contribution in [-0.4, -0.2) is 33.8 Å². The summed E-state index contributed by atoms with van der Waals surface area (Å²) in [6, 6.07) is 13.8. The lowest BCUT2D eigenvalue weighted by molar-refractivity contribution is -0.385. The average Bonchev–Trinajstić information content (AvgIpc) is 3.39. The van der Waals surface area contributed by atoms with Gasteiger partial charge in [-0.2, -0.15) is 0 Å². The Labute approximate surface area is 175 Å². The smallest absolute Gasteiger partial charge is 0.269 e. The molecule has 2 atom stereocenters. The lowest BCUT2D eigenvalue weighted by atomic mass is 10.0. The van der Waals surface area contributed by atoms with E-state index in [0.29, 0.717) is 25.3 Å². The first kappa shape index (κ1) is 19.6. The fourth-order valence-corrected chi connectivity index (χ4v) is 3.43. The van der Waals surface area contributed by atoms with Crippen molar-refractivity contribution >= 4 is 21.6 Å². The average molecular weight is 460 g/mol. The molecule has 1 saturated heterocycles. The maximum atomic E-state index is 11.2. The first-order valence-corrected chi connectivity index (χ1v) is 9.74. The molecule has 0 radical (unpaired) electrons. The maximum absolute atomic E-state index is 11.2. The summed E-state index contributed by atoms with van der Waals surface area (Å²) in [6.07, 6.45) is 4.76. The molecule has 2 unspecified atom stereocenters. The molecular weight excluding hydrogens is 442 g/mol. The van der Waals surface area contributed by atoms with Crippen molar-refractivity contribution in [3.63, 3.8) is 0 Å². The fourth-order valence-electron chi connectivity index (χ4n) is 3.17. The third-order valence-electron chi connectivity index (χ3n) is 4.56. The highest BCUT2D eigenvalue weighted by molar-refractivity contribution is 9.10. The third-order valence-corrected chi connectivity index (χ3v) is 5.08. The van der Waals surface area contributed by atoms with Crippen molar-refractivity contribution in [2.45, 2.75) is 18.4 Å². The van der Waals surface area contributed by atoms with E-state index in [1.165, 1.54) is 12.1 Å². The molecule has 1 fully saturated rings. The van der Waals surface area contributed by atoms with E-state index < -0.39 is 10.7 Å². The van der Waals surface area contributed by atoms with Gasteiger partial charge in [-0.1, -0.05) is 28.1 Å². The summed E-state index contributed by atoms with van der Waals surface area (Å²) >= 11 is 3.39. The number of imidazole rings is 1. The second-order valence-electron chi connectivity index (χ2n) is 6.61. The second kappa shape index (κ2) is 8.32. The lowest BCUT2D eigenvalue weighted by Crippen LogP contribution is -2.34. The molecule has 1 aliphatic rings. The van der Waals surface area contributed by atoms with E-state index in [2.05, 4.69) is 20.9 Å². The van der Waals surface area contributed by atoms with E-state index in [4.69, 9.17) is 14.2 Å². The van der Waals surface area contributed by atoms with Crippen molar-refractivity contribution in [3.8, 4) is 5.75 Å². The predicted octanol–water partition coefficient (Wildman–Crippen LogP) is 3.90.